The Morgan fingerprint density at radius 1 is 1.24 bits per heavy atom. The van der Waals surface area contributed by atoms with E-state index in [0.717, 1.165) is 27.3 Å². The van der Waals surface area contributed by atoms with Gasteiger partial charge in [0.2, 0.25) is 12.7 Å². The standard InChI is InChI=1S/C18H16N2O3S2/c1-2-24-12-5-3-11(4-6-12)7-17(21)20-18-19-13-8-14-15(23-10-22-14)9-16(13)25-18/h3-6,8-9H,2,7,10H2,1H3,(H,19,20,21). The van der Waals surface area contributed by atoms with Crippen LogP contribution in [0.15, 0.2) is 41.3 Å². The molecule has 0 bridgehead atoms. The van der Waals surface area contributed by atoms with E-state index in [1.54, 1.807) is 11.8 Å². The molecule has 0 radical (unpaired) electrons. The van der Waals surface area contributed by atoms with E-state index in [-0.39, 0.29) is 12.7 Å². The molecule has 1 N–H and O–H groups in total. The summed E-state index contributed by atoms with van der Waals surface area (Å²) in [6.45, 7) is 2.36. The highest BCUT2D eigenvalue weighted by Gasteiger charge is 2.17. The third kappa shape index (κ3) is 3.57. The minimum Gasteiger partial charge on any atom is -0.454 e. The van der Waals surface area contributed by atoms with E-state index < -0.39 is 0 Å². The number of thiazole rings is 1. The largest absolute Gasteiger partial charge is 0.454 e. The van der Waals surface area contributed by atoms with Crippen LogP contribution >= 0.6 is 23.1 Å². The molecule has 7 heteroatoms. The fourth-order valence-electron chi connectivity index (χ4n) is 2.59. The van der Waals surface area contributed by atoms with E-state index in [4.69, 9.17) is 9.47 Å². The zero-order chi connectivity index (χ0) is 17.2. The highest BCUT2D eigenvalue weighted by molar-refractivity contribution is 7.99. The first-order chi connectivity index (χ1) is 12.2. The third-order valence-electron chi connectivity index (χ3n) is 3.73. The van der Waals surface area contributed by atoms with Crippen molar-refractivity contribution in [1.82, 2.24) is 4.98 Å². The van der Waals surface area contributed by atoms with E-state index in [2.05, 4.69) is 29.4 Å². The van der Waals surface area contributed by atoms with E-state index in [1.807, 2.05) is 24.3 Å². The molecule has 2 aromatic carbocycles. The maximum atomic E-state index is 12.3. The average molecular weight is 372 g/mol. The quantitative estimate of drug-likeness (QED) is 0.676. The summed E-state index contributed by atoms with van der Waals surface area (Å²) in [6.07, 6.45) is 0.329. The second-order valence-corrected chi connectivity index (χ2v) is 7.86. The van der Waals surface area contributed by atoms with Crippen molar-refractivity contribution >= 4 is 44.4 Å². The van der Waals surface area contributed by atoms with Crippen LogP contribution < -0.4 is 14.8 Å². The second-order valence-electron chi connectivity index (χ2n) is 5.49. The lowest BCUT2D eigenvalue weighted by atomic mass is 10.1. The number of anilines is 1. The summed E-state index contributed by atoms with van der Waals surface area (Å²) in [7, 11) is 0. The van der Waals surface area contributed by atoms with Crippen molar-refractivity contribution in [3.05, 3.63) is 42.0 Å². The maximum absolute atomic E-state index is 12.3. The number of carbonyl (C=O) groups excluding carboxylic acids is 1. The smallest absolute Gasteiger partial charge is 0.231 e. The first-order valence-electron chi connectivity index (χ1n) is 7.93. The molecule has 0 spiro atoms. The number of amides is 1. The number of fused-ring (bicyclic) bond motifs is 2. The third-order valence-corrected chi connectivity index (χ3v) is 5.56. The second kappa shape index (κ2) is 6.93. The number of hydrogen-bond donors (Lipinski definition) is 1. The number of carbonyl (C=O) groups is 1. The SMILES string of the molecule is CCSc1ccc(CC(=O)Nc2nc3cc4c(cc3s2)OCO4)cc1. The predicted molar refractivity (Wildman–Crippen MR) is 101 cm³/mol. The van der Waals surface area contributed by atoms with E-state index in [1.165, 1.54) is 16.2 Å². The molecule has 0 atom stereocenters. The molecular formula is C18H16N2O3S2. The molecule has 1 amide bonds. The number of nitrogens with one attached hydrogen (secondary N) is 1. The number of rotatable bonds is 5. The highest BCUT2D eigenvalue weighted by atomic mass is 32.2. The number of ether oxygens (including phenoxy) is 2. The molecule has 1 aliphatic heterocycles. The van der Waals surface area contributed by atoms with Gasteiger partial charge in [0.1, 0.15) is 0 Å². The average Bonchev–Trinajstić information content (AvgIpc) is 3.19. The molecule has 1 aromatic heterocycles. The van der Waals surface area contributed by atoms with Crippen LogP contribution in [-0.4, -0.2) is 23.4 Å². The number of nitrogens with zero attached hydrogens (tertiary/aromatic N) is 1. The maximum Gasteiger partial charge on any atom is 0.231 e. The molecule has 4 rings (SSSR count). The zero-order valence-corrected chi connectivity index (χ0v) is 15.2. The van der Waals surface area contributed by atoms with Gasteiger partial charge >= 0.3 is 0 Å². The molecule has 0 saturated heterocycles. The minimum atomic E-state index is -0.0741. The van der Waals surface area contributed by atoms with Crippen molar-refractivity contribution in [2.24, 2.45) is 0 Å². The van der Waals surface area contributed by atoms with Crippen molar-refractivity contribution in [3.63, 3.8) is 0 Å². The van der Waals surface area contributed by atoms with Crippen molar-refractivity contribution in [2.75, 3.05) is 17.9 Å². The first-order valence-corrected chi connectivity index (χ1v) is 9.73. The predicted octanol–water partition coefficient (Wildman–Crippen LogP) is 4.32. The molecule has 25 heavy (non-hydrogen) atoms. The van der Waals surface area contributed by atoms with Crippen molar-refractivity contribution in [2.45, 2.75) is 18.2 Å². The molecule has 0 saturated carbocycles. The van der Waals surface area contributed by atoms with Crippen LogP contribution in [-0.2, 0) is 11.2 Å². The fourth-order valence-corrected chi connectivity index (χ4v) is 4.14. The number of benzene rings is 2. The summed E-state index contributed by atoms with van der Waals surface area (Å²) in [4.78, 5) is 17.9. The molecule has 0 unspecified atom stereocenters. The summed E-state index contributed by atoms with van der Waals surface area (Å²) in [5.74, 6) is 2.38. The zero-order valence-electron chi connectivity index (χ0n) is 13.6. The lowest BCUT2D eigenvalue weighted by molar-refractivity contribution is -0.115. The Balaban J connectivity index is 1.44. The minimum absolute atomic E-state index is 0.0741. The molecule has 1 aliphatic rings. The van der Waals surface area contributed by atoms with Gasteiger partial charge in [-0.15, -0.1) is 11.8 Å². The van der Waals surface area contributed by atoms with Crippen LogP contribution in [0.5, 0.6) is 11.5 Å². The molecule has 0 fully saturated rings. The lowest BCUT2D eigenvalue weighted by Crippen LogP contribution is -2.14. The summed E-state index contributed by atoms with van der Waals surface area (Å²) in [5, 5.41) is 3.46. The number of thioether (sulfide) groups is 1. The van der Waals surface area contributed by atoms with Crippen LogP contribution in [0.1, 0.15) is 12.5 Å². The number of hydrogen-bond acceptors (Lipinski definition) is 6. The van der Waals surface area contributed by atoms with Gasteiger partial charge in [0, 0.05) is 17.0 Å². The number of aromatic nitrogens is 1. The Labute approximate surface area is 153 Å². The van der Waals surface area contributed by atoms with Gasteiger partial charge in [-0.25, -0.2) is 4.98 Å². The van der Waals surface area contributed by atoms with Gasteiger partial charge in [-0.05, 0) is 23.4 Å². The summed E-state index contributed by atoms with van der Waals surface area (Å²) in [5.41, 5.74) is 1.78. The topological polar surface area (TPSA) is 60.5 Å². The van der Waals surface area contributed by atoms with E-state index in [0.29, 0.717) is 17.3 Å². The monoisotopic (exact) mass is 372 g/mol. The van der Waals surface area contributed by atoms with Gasteiger partial charge in [-0.3, -0.25) is 4.79 Å². The van der Waals surface area contributed by atoms with Crippen molar-refractivity contribution < 1.29 is 14.3 Å². The van der Waals surface area contributed by atoms with Gasteiger partial charge in [0.05, 0.1) is 16.6 Å². The Hall–Kier alpha value is -2.25. The summed E-state index contributed by atoms with van der Waals surface area (Å²) in [6, 6.07) is 11.8. The molecule has 2 heterocycles. The molecule has 3 aromatic rings. The Kier molecular flexibility index (Phi) is 4.50. The van der Waals surface area contributed by atoms with Gasteiger partial charge in [0.25, 0.3) is 0 Å². The normalized spacial score (nSPS) is 12.5. The van der Waals surface area contributed by atoms with Gasteiger partial charge in [-0.1, -0.05) is 30.4 Å². The van der Waals surface area contributed by atoms with Gasteiger partial charge < -0.3 is 14.8 Å². The molecule has 5 nitrogen and oxygen atoms in total. The Bertz CT molecular complexity index is 881. The molecule has 0 aliphatic carbocycles. The summed E-state index contributed by atoms with van der Waals surface area (Å²) < 4.78 is 11.7. The lowest BCUT2D eigenvalue weighted by Gasteiger charge is -2.03. The van der Waals surface area contributed by atoms with Crippen LogP contribution in [0.4, 0.5) is 5.13 Å². The molecule has 128 valence electrons. The van der Waals surface area contributed by atoms with Gasteiger partial charge in [-0.2, -0.15) is 0 Å². The first kappa shape index (κ1) is 16.2. The van der Waals surface area contributed by atoms with Gasteiger partial charge in [0.15, 0.2) is 16.6 Å². The van der Waals surface area contributed by atoms with Crippen LogP contribution in [0, 0.1) is 0 Å². The van der Waals surface area contributed by atoms with E-state index >= 15 is 0 Å². The van der Waals surface area contributed by atoms with Crippen LogP contribution in [0.3, 0.4) is 0 Å². The fraction of sp³-hybridized carbons (Fsp3) is 0.222. The Morgan fingerprint density at radius 2 is 2.00 bits per heavy atom. The summed E-state index contributed by atoms with van der Waals surface area (Å²) >= 11 is 3.22. The van der Waals surface area contributed by atoms with Crippen molar-refractivity contribution in [1.29, 1.82) is 0 Å². The molecular weight excluding hydrogens is 356 g/mol. The van der Waals surface area contributed by atoms with Crippen molar-refractivity contribution in [3.8, 4) is 11.5 Å². The van der Waals surface area contributed by atoms with Crippen LogP contribution in [0.2, 0.25) is 0 Å². The van der Waals surface area contributed by atoms with Crippen LogP contribution in [0.25, 0.3) is 10.2 Å². The highest BCUT2D eigenvalue weighted by Crippen LogP contribution is 2.38. The Morgan fingerprint density at radius 3 is 2.76 bits per heavy atom. The van der Waals surface area contributed by atoms with E-state index in [9.17, 15) is 4.79 Å².